The van der Waals surface area contributed by atoms with E-state index in [2.05, 4.69) is 62.8 Å². The van der Waals surface area contributed by atoms with E-state index in [9.17, 15) is 0 Å². The molecular formula is C21H17N5. The number of rotatable bonds is 3. The summed E-state index contributed by atoms with van der Waals surface area (Å²) in [4.78, 5) is 12.6. The summed E-state index contributed by atoms with van der Waals surface area (Å²) < 4.78 is 0. The number of nitrogens with zero attached hydrogens (tertiary/aromatic N) is 3. The van der Waals surface area contributed by atoms with E-state index in [1.165, 1.54) is 27.8 Å². The maximum atomic E-state index is 5.69. The largest absolute Gasteiger partial charge is 0.368 e. The van der Waals surface area contributed by atoms with E-state index in [0.717, 1.165) is 24.2 Å². The van der Waals surface area contributed by atoms with Gasteiger partial charge in [-0.05, 0) is 58.5 Å². The van der Waals surface area contributed by atoms with Gasteiger partial charge in [0.2, 0.25) is 5.95 Å². The van der Waals surface area contributed by atoms with E-state index in [4.69, 9.17) is 5.73 Å². The van der Waals surface area contributed by atoms with Crippen LogP contribution in [-0.4, -0.2) is 16.2 Å². The molecule has 2 heterocycles. The SMILES string of the molecule is Nc1nccc(Nc2cc3c(c(-c4ccc5c(c4)C=CC5)c2)CN=C3)n1. The van der Waals surface area contributed by atoms with Crippen LogP contribution < -0.4 is 11.1 Å². The van der Waals surface area contributed by atoms with E-state index < -0.39 is 0 Å². The molecule has 0 atom stereocenters. The maximum absolute atomic E-state index is 5.69. The Hall–Kier alpha value is -3.47. The van der Waals surface area contributed by atoms with Crippen molar-refractivity contribution in [1.82, 2.24) is 9.97 Å². The van der Waals surface area contributed by atoms with Gasteiger partial charge in [0.05, 0.1) is 6.54 Å². The molecule has 2 aromatic carbocycles. The molecule has 3 aromatic rings. The normalized spacial score (nSPS) is 13.7. The molecule has 0 unspecified atom stereocenters. The van der Waals surface area contributed by atoms with Crippen molar-refractivity contribution in [3.05, 3.63) is 70.9 Å². The van der Waals surface area contributed by atoms with Gasteiger partial charge in [-0.3, -0.25) is 4.99 Å². The molecule has 0 saturated heterocycles. The maximum Gasteiger partial charge on any atom is 0.221 e. The fourth-order valence-corrected chi connectivity index (χ4v) is 3.56. The second-order valence-electron chi connectivity index (χ2n) is 6.51. The van der Waals surface area contributed by atoms with Crippen LogP contribution in [0.3, 0.4) is 0 Å². The van der Waals surface area contributed by atoms with Crippen LogP contribution >= 0.6 is 0 Å². The molecule has 0 spiro atoms. The van der Waals surface area contributed by atoms with E-state index >= 15 is 0 Å². The number of hydrogen-bond donors (Lipinski definition) is 2. The van der Waals surface area contributed by atoms with Crippen LogP contribution in [0.4, 0.5) is 17.5 Å². The standard InChI is InChI=1S/C21H17N5/c22-21-24-7-6-20(26-21)25-17-9-16-11-23-12-19(16)18(10-17)15-5-4-13-2-1-3-14(13)8-15/h1,3-11H,2,12H2,(H3,22,24,25,26). The summed E-state index contributed by atoms with van der Waals surface area (Å²) in [6, 6.07) is 12.7. The highest BCUT2D eigenvalue weighted by Crippen LogP contribution is 2.35. The molecule has 0 radical (unpaired) electrons. The molecule has 126 valence electrons. The van der Waals surface area contributed by atoms with Crippen LogP contribution in [-0.2, 0) is 13.0 Å². The summed E-state index contributed by atoms with van der Waals surface area (Å²) in [5.41, 5.74) is 14.1. The predicted octanol–water partition coefficient (Wildman–Crippen LogP) is 3.97. The zero-order chi connectivity index (χ0) is 17.5. The molecule has 0 fully saturated rings. The topological polar surface area (TPSA) is 76.2 Å². The lowest BCUT2D eigenvalue weighted by Crippen LogP contribution is -2.00. The summed E-state index contributed by atoms with van der Waals surface area (Å²) in [6.07, 6.45) is 9.01. The first kappa shape index (κ1) is 14.8. The number of fused-ring (bicyclic) bond motifs is 2. The van der Waals surface area contributed by atoms with Crippen LogP contribution in [0, 0.1) is 0 Å². The zero-order valence-electron chi connectivity index (χ0n) is 14.1. The van der Waals surface area contributed by atoms with Gasteiger partial charge in [0.1, 0.15) is 5.82 Å². The van der Waals surface area contributed by atoms with Crippen molar-refractivity contribution in [2.45, 2.75) is 13.0 Å². The third-order valence-corrected chi connectivity index (χ3v) is 4.80. The molecule has 0 amide bonds. The van der Waals surface area contributed by atoms with Crippen LogP contribution in [0.25, 0.3) is 17.2 Å². The van der Waals surface area contributed by atoms with Crippen LogP contribution in [0.2, 0.25) is 0 Å². The minimum Gasteiger partial charge on any atom is -0.368 e. The molecular weight excluding hydrogens is 322 g/mol. The lowest BCUT2D eigenvalue weighted by atomic mass is 9.94. The molecule has 5 rings (SSSR count). The third-order valence-electron chi connectivity index (χ3n) is 4.80. The minimum atomic E-state index is 0.253. The third kappa shape index (κ3) is 2.54. The van der Waals surface area contributed by atoms with Crippen LogP contribution in [0.15, 0.2) is 53.7 Å². The van der Waals surface area contributed by atoms with Crippen molar-refractivity contribution >= 4 is 29.7 Å². The van der Waals surface area contributed by atoms with Gasteiger partial charge in [0.25, 0.3) is 0 Å². The highest BCUT2D eigenvalue weighted by Gasteiger charge is 2.16. The van der Waals surface area contributed by atoms with Gasteiger partial charge in [0, 0.05) is 23.7 Å². The Morgan fingerprint density at radius 2 is 2.00 bits per heavy atom. The highest BCUT2D eigenvalue weighted by molar-refractivity contribution is 5.92. The van der Waals surface area contributed by atoms with Gasteiger partial charge in [-0.25, -0.2) is 4.98 Å². The number of nitrogens with two attached hydrogens (primary N) is 1. The second-order valence-corrected chi connectivity index (χ2v) is 6.51. The molecule has 26 heavy (non-hydrogen) atoms. The average molecular weight is 339 g/mol. The van der Waals surface area contributed by atoms with Crippen molar-refractivity contribution in [2.75, 3.05) is 11.1 Å². The van der Waals surface area contributed by atoms with Crippen molar-refractivity contribution in [3.8, 4) is 11.1 Å². The number of aromatic nitrogens is 2. The van der Waals surface area contributed by atoms with Gasteiger partial charge in [-0.1, -0.05) is 24.3 Å². The van der Waals surface area contributed by atoms with Gasteiger partial charge < -0.3 is 11.1 Å². The van der Waals surface area contributed by atoms with E-state index in [1.807, 2.05) is 6.21 Å². The monoisotopic (exact) mass is 339 g/mol. The van der Waals surface area contributed by atoms with Gasteiger partial charge in [-0.2, -0.15) is 4.98 Å². The molecule has 1 aliphatic carbocycles. The quantitative estimate of drug-likeness (QED) is 0.757. The second kappa shape index (κ2) is 5.81. The average Bonchev–Trinajstić information content (AvgIpc) is 3.29. The van der Waals surface area contributed by atoms with Gasteiger partial charge >= 0.3 is 0 Å². The lowest BCUT2D eigenvalue weighted by Gasteiger charge is -2.14. The van der Waals surface area contributed by atoms with Crippen molar-refractivity contribution in [2.24, 2.45) is 4.99 Å². The summed E-state index contributed by atoms with van der Waals surface area (Å²) in [6.45, 7) is 0.721. The van der Waals surface area contributed by atoms with Crippen molar-refractivity contribution in [1.29, 1.82) is 0 Å². The summed E-state index contributed by atoms with van der Waals surface area (Å²) in [5.74, 6) is 0.929. The van der Waals surface area contributed by atoms with E-state index in [-0.39, 0.29) is 5.95 Å². The number of benzene rings is 2. The molecule has 0 bridgehead atoms. The molecule has 1 aromatic heterocycles. The minimum absolute atomic E-state index is 0.253. The molecule has 3 N–H and O–H groups in total. The van der Waals surface area contributed by atoms with Crippen LogP contribution in [0.1, 0.15) is 22.3 Å². The van der Waals surface area contributed by atoms with Gasteiger partial charge in [0.15, 0.2) is 0 Å². The van der Waals surface area contributed by atoms with Gasteiger partial charge in [-0.15, -0.1) is 0 Å². The van der Waals surface area contributed by atoms with Crippen LogP contribution in [0.5, 0.6) is 0 Å². The fraction of sp³-hybridized carbons (Fsp3) is 0.0952. The Balaban J connectivity index is 1.59. The Morgan fingerprint density at radius 1 is 1.04 bits per heavy atom. The molecule has 5 heteroatoms. The Labute approximate surface area is 151 Å². The van der Waals surface area contributed by atoms with Crippen molar-refractivity contribution in [3.63, 3.8) is 0 Å². The Kier molecular flexibility index (Phi) is 3.31. The summed E-state index contributed by atoms with van der Waals surface area (Å²) in [7, 11) is 0. The smallest absolute Gasteiger partial charge is 0.221 e. The van der Waals surface area contributed by atoms with E-state index in [0.29, 0.717) is 5.82 Å². The Bertz CT molecular complexity index is 1080. The number of hydrogen-bond acceptors (Lipinski definition) is 5. The Morgan fingerprint density at radius 3 is 2.92 bits per heavy atom. The number of nitrogen functional groups attached to an aromatic ring is 1. The first-order valence-electron chi connectivity index (χ1n) is 8.58. The van der Waals surface area contributed by atoms with Crippen molar-refractivity contribution < 1.29 is 0 Å². The summed E-state index contributed by atoms with van der Waals surface area (Å²) in [5, 5.41) is 3.33. The molecule has 0 saturated carbocycles. The first-order chi connectivity index (χ1) is 12.8. The number of aliphatic imine (C=N–C) groups is 1. The number of allylic oxidation sites excluding steroid dienone is 1. The highest BCUT2D eigenvalue weighted by atomic mass is 15.1. The summed E-state index contributed by atoms with van der Waals surface area (Å²) >= 11 is 0. The predicted molar refractivity (Wildman–Crippen MR) is 106 cm³/mol. The van der Waals surface area contributed by atoms with E-state index in [1.54, 1.807) is 12.3 Å². The fourth-order valence-electron chi connectivity index (χ4n) is 3.56. The molecule has 2 aliphatic rings. The molecule has 1 aliphatic heterocycles. The number of nitrogens with one attached hydrogen (secondary N) is 1. The zero-order valence-corrected chi connectivity index (χ0v) is 14.1. The lowest BCUT2D eigenvalue weighted by molar-refractivity contribution is 1.11. The first-order valence-corrected chi connectivity index (χ1v) is 8.58. The molecule has 5 nitrogen and oxygen atoms in total. The number of anilines is 3.